The summed E-state index contributed by atoms with van der Waals surface area (Å²) in [5.74, 6) is 0.655. The molecule has 0 unspecified atom stereocenters. The first kappa shape index (κ1) is 37.9. The molecular formula is C40H46O2Si2Zr. The van der Waals surface area contributed by atoms with E-state index >= 15 is 0 Å². The summed E-state index contributed by atoms with van der Waals surface area (Å²) < 4.78 is 0. The second-order valence-electron chi connectivity index (χ2n) is 12.7. The molecule has 4 aromatic carbocycles. The Morgan fingerprint density at radius 3 is 1.02 bits per heavy atom. The van der Waals surface area contributed by atoms with Crippen LogP contribution in [0.4, 0.5) is 0 Å². The molecule has 0 amide bonds. The van der Waals surface area contributed by atoms with E-state index in [1.807, 2.05) is 97.1 Å². The summed E-state index contributed by atoms with van der Waals surface area (Å²) in [6, 6.07) is 34.4. The van der Waals surface area contributed by atoms with Crippen molar-refractivity contribution in [2.24, 2.45) is 0 Å². The van der Waals surface area contributed by atoms with E-state index in [1.165, 1.54) is 10.4 Å². The van der Waals surface area contributed by atoms with Gasteiger partial charge in [-0.05, 0) is 23.3 Å². The molecule has 0 fully saturated rings. The first-order chi connectivity index (χ1) is 21.0. The molecule has 0 radical (unpaired) electrons. The maximum Gasteiger partial charge on any atom is 2.00 e. The number of hydrogen-bond acceptors (Lipinski definition) is 2. The molecule has 2 aliphatic carbocycles. The van der Waals surface area contributed by atoms with Crippen LogP contribution >= 0.6 is 0 Å². The van der Waals surface area contributed by atoms with Crippen LogP contribution in [0.3, 0.4) is 0 Å². The van der Waals surface area contributed by atoms with Gasteiger partial charge in [0.25, 0.3) is 0 Å². The maximum absolute atomic E-state index is 9.56. The van der Waals surface area contributed by atoms with Crippen LogP contribution < -0.4 is 0 Å². The zero-order chi connectivity index (χ0) is 32.0. The van der Waals surface area contributed by atoms with Crippen molar-refractivity contribution in [1.29, 1.82) is 0 Å². The van der Waals surface area contributed by atoms with Gasteiger partial charge in [-0.15, -0.1) is 12.8 Å². The van der Waals surface area contributed by atoms with Gasteiger partial charge in [-0.3, -0.25) is 12.2 Å². The van der Waals surface area contributed by atoms with Crippen LogP contribution in [-0.4, -0.2) is 26.4 Å². The van der Waals surface area contributed by atoms with Crippen LogP contribution in [-0.2, 0) is 26.2 Å². The summed E-state index contributed by atoms with van der Waals surface area (Å²) >= 11 is 0. The molecule has 2 aliphatic rings. The van der Waals surface area contributed by atoms with Crippen LogP contribution in [0.2, 0.25) is 39.3 Å². The van der Waals surface area contributed by atoms with Gasteiger partial charge in [-0.1, -0.05) is 136 Å². The first-order valence-corrected chi connectivity index (χ1v) is 22.2. The summed E-state index contributed by atoms with van der Waals surface area (Å²) in [7, 11) is -2.01. The first-order valence-electron chi connectivity index (χ1n) is 15.2. The van der Waals surface area contributed by atoms with Gasteiger partial charge in [0.2, 0.25) is 0 Å². The fourth-order valence-electron chi connectivity index (χ4n) is 4.51. The number of hydrogen-bond donors (Lipinski definition) is 2. The molecule has 2 N–H and O–H groups in total. The quantitative estimate of drug-likeness (QED) is 0.164. The number of aromatic hydroxyl groups is 2. The van der Waals surface area contributed by atoms with Crippen molar-refractivity contribution >= 4 is 16.1 Å². The summed E-state index contributed by atoms with van der Waals surface area (Å²) in [6.07, 6.45) is 17.6. The molecule has 0 saturated carbocycles. The van der Waals surface area contributed by atoms with Gasteiger partial charge in [0.1, 0.15) is 11.5 Å². The number of rotatable bonds is 4. The van der Waals surface area contributed by atoms with E-state index in [2.05, 4.69) is 75.7 Å². The molecule has 0 atom stereocenters. The summed E-state index contributed by atoms with van der Waals surface area (Å²) in [4.78, 5) is 0. The monoisotopic (exact) mass is 704 g/mol. The average Bonchev–Trinajstić information content (AvgIpc) is 3.76. The van der Waals surface area contributed by atoms with Crippen LogP contribution in [0.1, 0.15) is 12.8 Å². The van der Waals surface area contributed by atoms with Crippen molar-refractivity contribution in [2.45, 2.75) is 52.1 Å². The normalized spacial score (nSPS) is 13.0. The number of benzene rings is 4. The third-order valence-electron chi connectivity index (χ3n) is 6.98. The Bertz CT molecular complexity index is 1460. The standard InChI is InChI=1S/2C12H10O.2C8H13Si.Zr/c2*13-12-9-5-4-8-11(12)10-6-2-1-3-7-10;2*1-9(2,3)8-6-4-5-7-8;/h2*1-9,13H;2*4,6H,5H2,1-3H3;/q;;2*-1;+2. The fraction of sp³-hybridized carbons (Fsp3) is 0.200. The van der Waals surface area contributed by atoms with Gasteiger partial charge in [-0.2, -0.15) is 12.2 Å². The summed E-state index contributed by atoms with van der Waals surface area (Å²) in [5.41, 5.74) is 3.84. The maximum atomic E-state index is 9.56. The summed E-state index contributed by atoms with van der Waals surface area (Å²) in [6.45, 7) is 14.1. The van der Waals surface area contributed by atoms with E-state index in [0.717, 1.165) is 35.1 Å². The van der Waals surface area contributed by atoms with Crippen molar-refractivity contribution in [3.63, 3.8) is 0 Å². The SMILES string of the molecule is C[Si](C)(C)C1=[C-]CC=C1.C[Si](C)(C)C1=[C-]CC=C1.Oc1ccccc1-c1ccccc1.Oc1ccccc1-c1ccccc1.[Zr+2]. The Morgan fingerprint density at radius 2 is 0.778 bits per heavy atom. The number of allylic oxidation sites excluding steroid dienone is 8. The fourth-order valence-corrected chi connectivity index (χ4v) is 7.01. The Labute approximate surface area is 292 Å². The van der Waals surface area contributed by atoms with Crippen molar-refractivity contribution in [3.05, 3.63) is 156 Å². The molecule has 0 spiro atoms. The number of phenols is 2. The molecule has 0 bridgehead atoms. The van der Waals surface area contributed by atoms with Gasteiger partial charge >= 0.3 is 26.2 Å². The van der Waals surface area contributed by atoms with E-state index in [9.17, 15) is 10.2 Å². The predicted octanol–water partition coefficient (Wildman–Crippen LogP) is 11.2. The van der Waals surface area contributed by atoms with Crippen molar-refractivity contribution in [2.75, 3.05) is 0 Å². The molecule has 2 nitrogen and oxygen atoms in total. The Kier molecular flexibility index (Phi) is 15.7. The van der Waals surface area contributed by atoms with Crippen molar-refractivity contribution < 1.29 is 36.4 Å². The van der Waals surface area contributed by atoms with Gasteiger partial charge in [0.05, 0.1) is 0 Å². The molecule has 5 heteroatoms. The van der Waals surface area contributed by atoms with E-state index in [0.29, 0.717) is 11.5 Å². The van der Waals surface area contributed by atoms with Gasteiger partial charge in [0, 0.05) is 27.3 Å². The molecule has 0 heterocycles. The van der Waals surface area contributed by atoms with Crippen LogP contribution in [0.5, 0.6) is 11.5 Å². The van der Waals surface area contributed by atoms with Crippen LogP contribution in [0.15, 0.2) is 144 Å². The second kappa shape index (κ2) is 18.7. The molecular weight excluding hydrogens is 660 g/mol. The Hall–Kier alpha value is -3.24. The minimum Gasteiger partial charge on any atom is -0.507 e. The smallest absolute Gasteiger partial charge is 0.507 e. The summed E-state index contributed by atoms with van der Waals surface area (Å²) in [5, 5.41) is 22.1. The third kappa shape index (κ3) is 12.9. The topological polar surface area (TPSA) is 40.5 Å². The Morgan fingerprint density at radius 1 is 0.467 bits per heavy atom. The van der Waals surface area contributed by atoms with E-state index < -0.39 is 16.1 Å². The Balaban J connectivity index is 0.000000211. The van der Waals surface area contributed by atoms with E-state index in [1.54, 1.807) is 12.1 Å². The minimum absolute atomic E-state index is 0. The number of para-hydroxylation sites is 2. The van der Waals surface area contributed by atoms with E-state index in [-0.39, 0.29) is 26.2 Å². The van der Waals surface area contributed by atoms with E-state index in [4.69, 9.17) is 0 Å². The van der Waals surface area contributed by atoms with Crippen molar-refractivity contribution in [3.8, 4) is 33.8 Å². The van der Waals surface area contributed by atoms with Crippen LogP contribution in [0, 0.1) is 12.2 Å². The van der Waals surface area contributed by atoms with Gasteiger partial charge in [-0.25, -0.2) is 22.5 Å². The molecule has 6 rings (SSSR count). The predicted molar refractivity (Wildman–Crippen MR) is 195 cm³/mol. The molecule has 230 valence electrons. The number of phenolic OH excluding ortho intramolecular Hbond substituents is 2. The molecule has 4 aromatic rings. The van der Waals surface area contributed by atoms with Crippen LogP contribution in [0.25, 0.3) is 22.3 Å². The minimum atomic E-state index is -1.01. The molecule has 0 saturated heterocycles. The van der Waals surface area contributed by atoms with Gasteiger partial charge in [0.15, 0.2) is 0 Å². The third-order valence-corrected chi connectivity index (χ3v) is 10.9. The largest absolute Gasteiger partial charge is 2.00 e. The average molecular weight is 706 g/mol. The molecule has 0 aliphatic heterocycles. The zero-order valence-corrected chi connectivity index (χ0v) is 32.0. The van der Waals surface area contributed by atoms with Crippen molar-refractivity contribution in [1.82, 2.24) is 0 Å². The molecule has 0 aromatic heterocycles. The van der Waals surface area contributed by atoms with Gasteiger partial charge < -0.3 is 10.2 Å². The molecule has 45 heavy (non-hydrogen) atoms. The second-order valence-corrected chi connectivity index (χ2v) is 22.7. The zero-order valence-electron chi connectivity index (χ0n) is 27.5.